The van der Waals surface area contributed by atoms with E-state index in [-0.39, 0.29) is 0 Å². The van der Waals surface area contributed by atoms with Crippen molar-refractivity contribution in [3.05, 3.63) is 34.2 Å². The van der Waals surface area contributed by atoms with Crippen molar-refractivity contribution >= 4 is 49.5 Å². The molecule has 0 fully saturated rings. The molecule has 5 heteroatoms. The highest BCUT2D eigenvalue weighted by Crippen LogP contribution is 2.30. The van der Waals surface area contributed by atoms with Crippen LogP contribution in [0.2, 0.25) is 5.15 Å². The number of rotatable bonds is 0. The van der Waals surface area contributed by atoms with Crippen molar-refractivity contribution in [2.45, 2.75) is 0 Å². The van der Waals surface area contributed by atoms with Gasteiger partial charge in [0, 0.05) is 15.4 Å². The van der Waals surface area contributed by atoms with Crippen LogP contribution in [0.3, 0.4) is 0 Å². The minimum atomic E-state index is 0.480. The first-order valence-corrected chi connectivity index (χ1v) is 5.50. The minimum Gasteiger partial charge on any atom is -0.339 e. The zero-order valence-electron chi connectivity index (χ0n) is 7.46. The van der Waals surface area contributed by atoms with Crippen molar-refractivity contribution in [3.63, 3.8) is 0 Å². The van der Waals surface area contributed by atoms with E-state index >= 15 is 0 Å². The molecule has 0 amide bonds. The summed E-state index contributed by atoms with van der Waals surface area (Å²) in [5.74, 6) is 0. The van der Waals surface area contributed by atoms with Gasteiger partial charge in [-0.2, -0.15) is 0 Å². The van der Waals surface area contributed by atoms with Crippen LogP contribution in [-0.4, -0.2) is 15.0 Å². The lowest BCUT2D eigenvalue weighted by molar-refractivity contribution is 1.21. The average Bonchev–Trinajstić information content (AvgIpc) is 2.56. The number of halogens is 2. The molecular formula is C10H5BrClN3. The molecule has 0 aliphatic rings. The maximum atomic E-state index is 6.03. The summed E-state index contributed by atoms with van der Waals surface area (Å²) >= 11 is 9.45. The highest BCUT2D eigenvalue weighted by molar-refractivity contribution is 9.10. The molecule has 3 nitrogen and oxygen atoms in total. The van der Waals surface area contributed by atoms with E-state index < -0.39 is 0 Å². The van der Waals surface area contributed by atoms with Crippen LogP contribution in [0.4, 0.5) is 0 Å². The highest BCUT2D eigenvalue weighted by atomic mass is 79.9. The van der Waals surface area contributed by atoms with Gasteiger partial charge in [0.25, 0.3) is 0 Å². The summed E-state index contributed by atoms with van der Waals surface area (Å²) in [6.07, 6.45) is 1.45. The van der Waals surface area contributed by atoms with Crippen LogP contribution >= 0.6 is 27.5 Å². The smallest absolute Gasteiger partial charge is 0.143 e. The first-order valence-electron chi connectivity index (χ1n) is 4.33. The first-order chi connectivity index (χ1) is 7.25. The van der Waals surface area contributed by atoms with Crippen LogP contribution in [0.25, 0.3) is 21.9 Å². The Balaban J connectivity index is 2.59. The van der Waals surface area contributed by atoms with Crippen LogP contribution in [-0.2, 0) is 0 Å². The van der Waals surface area contributed by atoms with Gasteiger partial charge in [0.05, 0.1) is 5.39 Å². The Morgan fingerprint density at radius 2 is 2.13 bits per heavy atom. The van der Waals surface area contributed by atoms with Gasteiger partial charge in [-0.15, -0.1) is 0 Å². The van der Waals surface area contributed by atoms with E-state index in [9.17, 15) is 0 Å². The van der Waals surface area contributed by atoms with Crippen molar-refractivity contribution in [1.82, 2.24) is 15.0 Å². The topological polar surface area (TPSA) is 41.6 Å². The van der Waals surface area contributed by atoms with Crippen LogP contribution in [0.1, 0.15) is 0 Å². The molecule has 0 saturated carbocycles. The van der Waals surface area contributed by atoms with Crippen LogP contribution in [0.15, 0.2) is 29.0 Å². The van der Waals surface area contributed by atoms with E-state index in [2.05, 4.69) is 30.9 Å². The second kappa shape index (κ2) is 3.18. The fourth-order valence-electron chi connectivity index (χ4n) is 1.66. The third kappa shape index (κ3) is 1.33. The molecule has 74 valence electrons. The van der Waals surface area contributed by atoms with Gasteiger partial charge < -0.3 is 4.98 Å². The van der Waals surface area contributed by atoms with E-state index in [1.807, 2.05) is 18.2 Å². The lowest BCUT2D eigenvalue weighted by Gasteiger charge is -1.92. The fourth-order valence-corrected chi connectivity index (χ4v) is 2.26. The molecule has 0 bridgehead atoms. The van der Waals surface area contributed by atoms with Gasteiger partial charge in [0.2, 0.25) is 0 Å². The van der Waals surface area contributed by atoms with Crippen LogP contribution in [0.5, 0.6) is 0 Å². The zero-order valence-corrected chi connectivity index (χ0v) is 9.80. The molecule has 2 aromatic heterocycles. The second-order valence-corrected chi connectivity index (χ2v) is 4.48. The van der Waals surface area contributed by atoms with Crippen molar-refractivity contribution < 1.29 is 0 Å². The highest BCUT2D eigenvalue weighted by Gasteiger charge is 2.09. The van der Waals surface area contributed by atoms with Crippen molar-refractivity contribution in [1.29, 1.82) is 0 Å². The molecule has 1 aromatic carbocycles. The molecule has 0 radical (unpaired) electrons. The SMILES string of the molecule is Clc1ncnc2[nH]c3cc(Br)ccc3c12. The summed E-state index contributed by atoms with van der Waals surface area (Å²) < 4.78 is 1.02. The van der Waals surface area contributed by atoms with Crippen molar-refractivity contribution in [3.8, 4) is 0 Å². The first kappa shape index (κ1) is 9.12. The van der Waals surface area contributed by atoms with Crippen molar-refractivity contribution in [2.24, 2.45) is 0 Å². The lowest BCUT2D eigenvalue weighted by Crippen LogP contribution is -1.79. The van der Waals surface area contributed by atoms with E-state index in [1.54, 1.807) is 0 Å². The van der Waals surface area contributed by atoms with Gasteiger partial charge in [-0.3, -0.25) is 0 Å². The van der Waals surface area contributed by atoms with Gasteiger partial charge in [-0.25, -0.2) is 9.97 Å². The molecule has 3 rings (SSSR count). The number of nitrogens with zero attached hydrogens (tertiary/aromatic N) is 2. The normalized spacial score (nSPS) is 11.3. The average molecular weight is 283 g/mol. The van der Waals surface area contributed by atoms with Gasteiger partial charge in [0.1, 0.15) is 17.1 Å². The predicted molar refractivity (Wildman–Crippen MR) is 64.1 cm³/mol. The molecule has 0 spiro atoms. The predicted octanol–water partition coefficient (Wildman–Crippen LogP) is 3.53. The van der Waals surface area contributed by atoms with E-state index in [0.717, 1.165) is 26.4 Å². The maximum Gasteiger partial charge on any atom is 0.143 e. The fraction of sp³-hybridized carbons (Fsp3) is 0. The molecule has 0 saturated heterocycles. The number of aromatic nitrogens is 3. The monoisotopic (exact) mass is 281 g/mol. The molecule has 3 aromatic rings. The number of H-pyrrole nitrogens is 1. The van der Waals surface area contributed by atoms with Crippen molar-refractivity contribution in [2.75, 3.05) is 0 Å². The number of hydrogen-bond acceptors (Lipinski definition) is 2. The summed E-state index contributed by atoms with van der Waals surface area (Å²) in [7, 11) is 0. The summed E-state index contributed by atoms with van der Waals surface area (Å²) in [5, 5.41) is 2.40. The summed E-state index contributed by atoms with van der Waals surface area (Å²) in [6, 6.07) is 5.96. The number of fused-ring (bicyclic) bond motifs is 3. The van der Waals surface area contributed by atoms with Gasteiger partial charge in [-0.1, -0.05) is 33.6 Å². The largest absolute Gasteiger partial charge is 0.339 e. The molecule has 1 N–H and O–H groups in total. The van der Waals surface area contributed by atoms with E-state index in [4.69, 9.17) is 11.6 Å². The Bertz CT molecular complexity index is 662. The Labute approximate surface area is 98.6 Å². The number of hydrogen-bond donors (Lipinski definition) is 1. The number of benzene rings is 1. The zero-order chi connectivity index (χ0) is 10.4. The molecule has 2 heterocycles. The number of nitrogens with one attached hydrogen (secondary N) is 1. The quantitative estimate of drug-likeness (QED) is 0.641. The van der Waals surface area contributed by atoms with Crippen LogP contribution < -0.4 is 0 Å². The summed E-state index contributed by atoms with van der Waals surface area (Å²) in [5.41, 5.74) is 1.77. The standard InChI is InChI=1S/C10H5BrClN3/c11-5-1-2-6-7(3-5)15-10-8(6)9(12)13-4-14-10/h1-4H,(H,13,14,15). The Morgan fingerprint density at radius 3 is 3.00 bits per heavy atom. The third-order valence-electron chi connectivity index (χ3n) is 2.31. The van der Waals surface area contributed by atoms with E-state index in [0.29, 0.717) is 5.15 Å². The molecule has 0 aliphatic carbocycles. The van der Waals surface area contributed by atoms with Gasteiger partial charge >= 0.3 is 0 Å². The maximum absolute atomic E-state index is 6.03. The molecule has 0 unspecified atom stereocenters. The third-order valence-corrected chi connectivity index (χ3v) is 3.08. The Hall–Kier alpha value is -1.13. The van der Waals surface area contributed by atoms with E-state index in [1.165, 1.54) is 6.33 Å². The lowest BCUT2D eigenvalue weighted by atomic mass is 10.2. The molecule has 15 heavy (non-hydrogen) atoms. The van der Waals surface area contributed by atoms with Gasteiger partial charge in [-0.05, 0) is 12.1 Å². The number of aromatic amines is 1. The second-order valence-electron chi connectivity index (χ2n) is 3.20. The summed E-state index contributed by atoms with van der Waals surface area (Å²) in [6.45, 7) is 0. The molecule has 0 aliphatic heterocycles. The Kier molecular flexibility index (Phi) is 1.94. The minimum absolute atomic E-state index is 0.480. The Morgan fingerprint density at radius 1 is 1.27 bits per heavy atom. The molecule has 0 atom stereocenters. The van der Waals surface area contributed by atoms with Crippen LogP contribution in [0, 0.1) is 0 Å². The summed E-state index contributed by atoms with van der Waals surface area (Å²) in [4.78, 5) is 11.3. The molecular weight excluding hydrogens is 277 g/mol. The van der Waals surface area contributed by atoms with Gasteiger partial charge in [0.15, 0.2) is 0 Å².